The topological polar surface area (TPSA) is 95.9 Å². The molecular formula is C67H129NO5. The van der Waals surface area contributed by atoms with Crippen molar-refractivity contribution in [2.24, 2.45) is 0 Å². The highest BCUT2D eigenvalue weighted by molar-refractivity contribution is 5.76. The summed E-state index contributed by atoms with van der Waals surface area (Å²) in [6, 6.07) is -0.543. The molecule has 0 aromatic rings. The molecule has 0 aromatic heterocycles. The quantitative estimate of drug-likeness (QED) is 0.0320. The lowest BCUT2D eigenvalue weighted by Gasteiger charge is -2.22. The summed E-state index contributed by atoms with van der Waals surface area (Å²) < 4.78 is 5.50. The second-order valence-electron chi connectivity index (χ2n) is 22.8. The van der Waals surface area contributed by atoms with E-state index < -0.39 is 12.1 Å². The van der Waals surface area contributed by atoms with E-state index in [0.717, 1.165) is 44.9 Å². The molecule has 2 atom stereocenters. The van der Waals surface area contributed by atoms with Crippen molar-refractivity contribution < 1.29 is 24.5 Å². The third kappa shape index (κ3) is 59.4. The summed E-state index contributed by atoms with van der Waals surface area (Å²) >= 11 is 0. The average Bonchev–Trinajstić information content (AvgIpc) is 3.39. The monoisotopic (exact) mass is 1030 g/mol. The fourth-order valence-corrected chi connectivity index (χ4v) is 10.4. The van der Waals surface area contributed by atoms with Gasteiger partial charge in [0, 0.05) is 12.8 Å². The van der Waals surface area contributed by atoms with Crippen LogP contribution in [0.5, 0.6) is 0 Å². The first-order valence-corrected chi connectivity index (χ1v) is 33.1. The summed E-state index contributed by atoms with van der Waals surface area (Å²) in [6.07, 6.45) is 77.7. The Bertz CT molecular complexity index is 1140. The van der Waals surface area contributed by atoms with Gasteiger partial charge in [-0.15, -0.1) is 0 Å². The van der Waals surface area contributed by atoms with Crippen LogP contribution in [0.4, 0.5) is 0 Å². The molecule has 0 radical (unpaired) electrons. The van der Waals surface area contributed by atoms with Crippen LogP contribution in [0.25, 0.3) is 0 Å². The largest absolute Gasteiger partial charge is 0.466 e. The Morgan fingerprint density at radius 2 is 0.644 bits per heavy atom. The SMILES string of the molecule is CCCCCCCC/C=C\CCCCCCCCCC(=O)OCCCCCCCCCCCCCC/C=C\CCCCCCCCCCCC(=O)NC(CO)C(O)CCCCCCCCCCCCCCCC. The molecule has 0 aliphatic carbocycles. The van der Waals surface area contributed by atoms with E-state index in [4.69, 9.17) is 4.74 Å². The highest BCUT2D eigenvalue weighted by Crippen LogP contribution is 2.18. The first kappa shape index (κ1) is 71.3. The van der Waals surface area contributed by atoms with Crippen molar-refractivity contribution in [1.29, 1.82) is 0 Å². The zero-order valence-corrected chi connectivity index (χ0v) is 49.4. The molecule has 0 spiro atoms. The van der Waals surface area contributed by atoms with Crippen LogP contribution in [-0.4, -0.2) is 47.4 Å². The van der Waals surface area contributed by atoms with Crippen molar-refractivity contribution in [1.82, 2.24) is 5.32 Å². The number of allylic oxidation sites excluding steroid dienone is 4. The van der Waals surface area contributed by atoms with Crippen molar-refractivity contribution in [3.63, 3.8) is 0 Å². The van der Waals surface area contributed by atoms with Gasteiger partial charge in [0.25, 0.3) is 0 Å². The van der Waals surface area contributed by atoms with Crippen LogP contribution in [-0.2, 0) is 14.3 Å². The van der Waals surface area contributed by atoms with E-state index in [0.29, 0.717) is 25.9 Å². The number of aliphatic hydroxyl groups is 2. The molecule has 432 valence electrons. The molecule has 6 heteroatoms. The molecule has 1 amide bonds. The number of hydrogen-bond acceptors (Lipinski definition) is 5. The molecule has 73 heavy (non-hydrogen) atoms. The van der Waals surface area contributed by atoms with Gasteiger partial charge in [0.05, 0.1) is 25.4 Å². The van der Waals surface area contributed by atoms with Crippen molar-refractivity contribution in [2.45, 2.75) is 379 Å². The number of esters is 1. The molecule has 0 aliphatic rings. The molecule has 0 saturated carbocycles. The van der Waals surface area contributed by atoms with Crippen LogP contribution in [0, 0.1) is 0 Å². The first-order chi connectivity index (χ1) is 36.0. The number of hydrogen-bond donors (Lipinski definition) is 3. The molecule has 0 rings (SSSR count). The van der Waals surface area contributed by atoms with E-state index >= 15 is 0 Å². The number of nitrogens with one attached hydrogen (secondary N) is 1. The van der Waals surface area contributed by atoms with Crippen LogP contribution >= 0.6 is 0 Å². The van der Waals surface area contributed by atoms with Gasteiger partial charge in [-0.05, 0) is 77.0 Å². The number of aliphatic hydroxyl groups excluding tert-OH is 2. The molecule has 0 bridgehead atoms. The Hall–Kier alpha value is -1.66. The molecule has 2 unspecified atom stereocenters. The number of rotatable bonds is 62. The number of carbonyl (C=O) groups excluding carboxylic acids is 2. The summed E-state index contributed by atoms with van der Waals surface area (Å²) in [5.41, 5.74) is 0. The predicted molar refractivity (Wildman–Crippen MR) is 320 cm³/mol. The lowest BCUT2D eigenvalue weighted by molar-refractivity contribution is -0.143. The summed E-state index contributed by atoms with van der Waals surface area (Å²) in [5.74, 6) is -0.0255. The molecule has 0 aliphatic heterocycles. The fraction of sp³-hybridized carbons (Fsp3) is 0.910. The number of amides is 1. The Labute approximate surface area is 456 Å². The summed E-state index contributed by atoms with van der Waals surface area (Å²) in [7, 11) is 0. The minimum absolute atomic E-state index is 0.0107. The van der Waals surface area contributed by atoms with E-state index in [-0.39, 0.29) is 18.5 Å². The van der Waals surface area contributed by atoms with Gasteiger partial charge >= 0.3 is 5.97 Å². The average molecular weight is 1030 g/mol. The van der Waals surface area contributed by atoms with E-state index in [1.165, 1.54) is 289 Å². The van der Waals surface area contributed by atoms with E-state index in [1.54, 1.807) is 0 Å². The third-order valence-electron chi connectivity index (χ3n) is 15.5. The molecule has 6 nitrogen and oxygen atoms in total. The van der Waals surface area contributed by atoms with Crippen molar-refractivity contribution in [2.75, 3.05) is 13.2 Å². The lowest BCUT2D eigenvalue weighted by Crippen LogP contribution is -2.45. The third-order valence-corrected chi connectivity index (χ3v) is 15.5. The molecule has 3 N–H and O–H groups in total. The zero-order chi connectivity index (χ0) is 52.9. The number of unbranched alkanes of at least 4 members (excludes halogenated alkanes) is 47. The number of ether oxygens (including phenoxy) is 1. The van der Waals surface area contributed by atoms with Gasteiger partial charge in [0.15, 0.2) is 0 Å². The highest BCUT2D eigenvalue weighted by atomic mass is 16.5. The fourth-order valence-electron chi connectivity index (χ4n) is 10.4. The Balaban J connectivity index is 3.38. The Morgan fingerprint density at radius 3 is 0.973 bits per heavy atom. The van der Waals surface area contributed by atoms with Gasteiger partial charge in [0.1, 0.15) is 0 Å². The molecule has 0 aromatic carbocycles. The van der Waals surface area contributed by atoms with Crippen LogP contribution in [0.1, 0.15) is 367 Å². The summed E-state index contributed by atoms with van der Waals surface area (Å²) in [5, 5.41) is 23.3. The number of carbonyl (C=O) groups is 2. The molecule has 0 heterocycles. The van der Waals surface area contributed by atoms with Gasteiger partial charge in [0.2, 0.25) is 5.91 Å². The van der Waals surface area contributed by atoms with Gasteiger partial charge in [-0.2, -0.15) is 0 Å². The van der Waals surface area contributed by atoms with Crippen molar-refractivity contribution >= 4 is 11.9 Å². The zero-order valence-electron chi connectivity index (χ0n) is 49.4. The van der Waals surface area contributed by atoms with Gasteiger partial charge in [-0.3, -0.25) is 9.59 Å². The second kappa shape index (κ2) is 62.9. The van der Waals surface area contributed by atoms with E-state index in [1.807, 2.05) is 0 Å². The molecule has 0 fully saturated rings. The van der Waals surface area contributed by atoms with E-state index in [2.05, 4.69) is 43.5 Å². The lowest BCUT2D eigenvalue weighted by atomic mass is 10.0. The van der Waals surface area contributed by atoms with Crippen LogP contribution in [0.3, 0.4) is 0 Å². The van der Waals surface area contributed by atoms with Gasteiger partial charge in [-0.1, -0.05) is 301 Å². The molecule has 0 saturated heterocycles. The Kier molecular flexibility index (Phi) is 61.4. The minimum Gasteiger partial charge on any atom is -0.466 e. The first-order valence-electron chi connectivity index (χ1n) is 33.1. The summed E-state index contributed by atoms with van der Waals surface area (Å²) in [6.45, 7) is 4.97. The second-order valence-corrected chi connectivity index (χ2v) is 22.8. The van der Waals surface area contributed by atoms with Gasteiger partial charge < -0.3 is 20.3 Å². The smallest absolute Gasteiger partial charge is 0.305 e. The maximum Gasteiger partial charge on any atom is 0.305 e. The van der Waals surface area contributed by atoms with Crippen LogP contribution in [0.15, 0.2) is 24.3 Å². The van der Waals surface area contributed by atoms with Crippen LogP contribution in [0.2, 0.25) is 0 Å². The van der Waals surface area contributed by atoms with Crippen molar-refractivity contribution in [3.8, 4) is 0 Å². The highest BCUT2D eigenvalue weighted by Gasteiger charge is 2.20. The van der Waals surface area contributed by atoms with Gasteiger partial charge in [-0.25, -0.2) is 0 Å². The standard InChI is InChI=1S/C67H129NO5/c1-3-5-7-9-11-13-15-17-19-29-33-37-41-45-49-53-57-61-67(72)73-62-58-54-50-46-42-38-34-31-28-26-24-22-20-21-23-25-27-30-32-36-40-44-48-52-56-60-66(71)68-64(63-69)65(70)59-55-51-47-43-39-35-18-16-14-12-10-8-6-4-2/h17,19,21,23,64-65,69-70H,3-16,18,20,22,24-63H2,1-2H3,(H,68,71)/b19-17-,23-21-. The molecular weight excluding hydrogens is 899 g/mol. The summed E-state index contributed by atoms with van der Waals surface area (Å²) in [4.78, 5) is 24.6. The van der Waals surface area contributed by atoms with Crippen molar-refractivity contribution in [3.05, 3.63) is 24.3 Å². The van der Waals surface area contributed by atoms with Crippen LogP contribution < -0.4 is 5.32 Å². The minimum atomic E-state index is -0.665. The predicted octanol–water partition coefficient (Wildman–Crippen LogP) is 21.0. The maximum absolute atomic E-state index is 12.5. The maximum atomic E-state index is 12.5. The van der Waals surface area contributed by atoms with E-state index in [9.17, 15) is 19.8 Å². The normalized spacial score (nSPS) is 12.7. The Morgan fingerprint density at radius 1 is 0.370 bits per heavy atom.